The zero-order valence-electron chi connectivity index (χ0n) is 16.9. The maximum atomic E-state index is 2.17. The van der Waals surface area contributed by atoms with Crippen molar-refractivity contribution in [2.45, 2.75) is 137 Å². The van der Waals surface area contributed by atoms with Crippen molar-refractivity contribution in [3.8, 4) is 0 Å². The van der Waals surface area contributed by atoms with Crippen LogP contribution in [0.3, 0.4) is 0 Å². The van der Waals surface area contributed by atoms with Crippen molar-refractivity contribution in [2.24, 2.45) is 5.92 Å². The third-order valence-electron chi connectivity index (χ3n) is 4.00. The third kappa shape index (κ3) is 28.2. The molecule has 0 aromatic carbocycles. The molecule has 4 aliphatic carbocycles. The van der Waals surface area contributed by atoms with Crippen LogP contribution in [-0.2, 0) is 0 Å². The summed E-state index contributed by atoms with van der Waals surface area (Å²) in [5.41, 5.74) is 0. The monoisotopic (exact) mass is 312 g/mol. The van der Waals surface area contributed by atoms with Crippen LogP contribution >= 0.6 is 0 Å². The summed E-state index contributed by atoms with van der Waals surface area (Å²) in [7, 11) is 0. The first kappa shape index (κ1) is 24.3. The van der Waals surface area contributed by atoms with Crippen LogP contribution in [0.5, 0.6) is 0 Å². The van der Waals surface area contributed by atoms with Crippen LogP contribution < -0.4 is 0 Å². The summed E-state index contributed by atoms with van der Waals surface area (Å²) in [5, 5.41) is 0. The quantitative estimate of drug-likeness (QED) is 0.418. The third-order valence-corrected chi connectivity index (χ3v) is 4.00. The van der Waals surface area contributed by atoms with E-state index in [1.807, 2.05) is 13.8 Å². The Morgan fingerprint density at radius 2 is 0.364 bits per heavy atom. The lowest BCUT2D eigenvalue weighted by molar-refractivity contribution is 0.504. The molecule has 0 radical (unpaired) electrons. The van der Waals surface area contributed by atoms with Gasteiger partial charge < -0.3 is 0 Å². The highest BCUT2D eigenvalue weighted by atomic mass is 14.0. The predicted molar refractivity (Wildman–Crippen MR) is 106 cm³/mol. The van der Waals surface area contributed by atoms with E-state index in [0.717, 1.165) is 5.92 Å². The topological polar surface area (TPSA) is 0 Å². The smallest absolute Gasteiger partial charge is 0.0500 e. The number of rotatable bonds is 0. The van der Waals surface area contributed by atoms with Crippen molar-refractivity contribution >= 4 is 0 Å². The molecule has 0 N–H and O–H groups in total. The van der Waals surface area contributed by atoms with Gasteiger partial charge >= 0.3 is 0 Å². The molecule has 0 heteroatoms. The Kier molecular flexibility index (Phi) is 25.7. The SMILES string of the molecule is C1CCC1.C1CCC1.C1CCC1.C1CCC1.CC.CC(C)C. The molecule has 0 aliphatic heterocycles. The molecule has 0 bridgehead atoms. The average Bonchev–Trinajstić information content (AvgIpc) is 2.06. The first-order valence-corrected chi connectivity index (χ1v) is 10.7. The van der Waals surface area contributed by atoms with E-state index in [4.69, 9.17) is 0 Å². The second-order valence-electron chi connectivity index (χ2n) is 7.39. The number of hydrogen-bond donors (Lipinski definition) is 0. The standard InChI is InChI=1S/4C4H8.C4H10.C2H6/c4*1-2-4-3-1;1-4(2)3;1-2/h4*1-4H2;4H,1-3H3;1-2H3. The van der Waals surface area contributed by atoms with E-state index in [1.165, 1.54) is 103 Å². The lowest BCUT2D eigenvalue weighted by atomic mass is 10.0. The molecule has 0 unspecified atom stereocenters. The van der Waals surface area contributed by atoms with Gasteiger partial charge in [-0.05, 0) is 5.92 Å². The van der Waals surface area contributed by atoms with Crippen molar-refractivity contribution in [1.29, 1.82) is 0 Å². The van der Waals surface area contributed by atoms with Gasteiger partial charge in [-0.25, -0.2) is 0 Å². The molecule has 0 saturated heterocycles. The van der Waals surface area contributed by atoms with E-state index < -0.39 is 0 Å². The summed E-state index contributed by atoms with van der Waals surface area (Å²) < 4.78 is 0. The van der Waals surface area contributed by atoms with Gasteiger partial charge in [0.1, 0.15) is 0 Å². The van der Waals surface area contributed by atoms with Crippen LogP contribution in [0.2, 0.25) is 0 Å². The average molecular weight is 313 g/mol. The Morgan fingerprint density at radius 1 is 0.318 bits per heavy atom. The van der Waals surface area contributed by atoms with Gasteiger partial charge in [-0.2, -0.15) is 0 Å². The van der Waals surface area contributed by atoms with Crippen LogP contribution in [-0.4, -0.2) is 0 Å². The summed E-state index contributed by atoms with van der Waals surface area (Å²) in [6, 6.07) is 0. The van der Waals surface area contributed by atoms with Crippen LogP contribution in [0.25, 0.3) is 0 Å². The van der Waals surface area contributed by atoms with E-state index in [1.54, 1.807) is 0 Å². The fraction of sp³-hybridized carbons (Fsp3) is 1.00. The summed E-state index contributed by atoms with van der Waals surface area (Å²) in [4.78, 5) is 0. The molecule has 4 saturated carbocycles. The molecule has 0 nitrogen and oxygen atoms in total. The molecule has 0 spiro atoms. The molecule has 0 aromatic heterocycles. The molecule has 4 fully saturated rings. The van der Waals surface area contributed by atoms with E-state index in [9.17, 15) is 0 Å². The van der Waals surface area contributed by atoms with Gasteiger partial charge in [0.05, 0.1) is 0 Å². The van der Waals surface area contributed by atoms with Crippen molar-refractivity contribution in [3.05, 3.63) is 0 Å². The zero-order valence-corrected chi connectivity index (χ0v) is 16.9. The van der Waals surface area contributed by atoms with Gasteiger partial charge in [0.25, 0.3) is 0 Å². The molecule has 22 heavy (non-hydrogen) atoms. The van der Waals surface area contributed by atoms with Gasteiger partial charge in [-0.1, -0.05) is 137 Å². The highest BCUT2D eigenvalue weighted by molar-refractivity contribution is 4.52. The maximum Gasteiger partial charge on any atom is -0.0500 e. The van der Waals surface area contributed by atoms with Crippen molar-refractivity contribution in [1.82, 2.24) is 0 Å². The Bertz CT molecular complexity index is 92.7. The Morgan fingerprint density at radius 3 is 0.364 bits per heavy atom. The predicted octanol–water partition coefficient (Wildman–Crippen LogP) is 8.93. The first-order chi connectivity index (χ1) is 10.7. The van der Waals surface area contributed by atoms with Crippen LogP contribution in [0.1, 0.15) is 137 Å². The Balaban J connectivity index is 0. The molecule has 0 atom stereocenters. The highest BCUT2D eigenvalue weighted by Gasteiger charge is 1.96. The van der Waals surface area contributed by atoms with Crippen molar-refractivity contribution in [3.63, 3.8) is 0 Å². The van der Waals surface area contributed by atoms with Crippen LogP contribution in [0, 0.1) is 5.92 Å². The second-order valence-corrected chi connectivity index (χ2v) is 7.39. The minimum atomic E-state index is 0.833. The summed E-state index contributed by atoms with van der Waals surface area (Å²) in [6.45, 7) is 10.5. The zero-order chi connectivity index (χ0) is 16.9. The van der Waals surface area contributed by atoms with E-state index in [-0.39, 0.29) is 0 Å². The van der Waals surface area contributed by atoms with Gasteiger partial charge in [0, 0.05) is 0 Å². The molecule has 136 valence electrons. The fourth-order valence-corrected chi connectivity index (χ4v) is 1.000. The van der Waals surface area contributed by atoms with Gasteiger partial charge in [-0.15, -0.1) is 0 Å². The van der Waals surface area contributed by atoms with Crippen LogP contribution in [0.4, 0.5) is 0 Å². The molecule has 0 heterocycles. The fourth-order valence-electron chi connectivity index (χ4n) is 1.000. The Hall–Kier alpha value is 0. The van der Waals surface area contributed by atoms with E-state index >= 15 is 0 Å². The second kappa shape index (κ2) is 23.3. The van der Waals surface area contributed by atoms with E-state index in [2.05, 4.69) is 20.8 Å². The summed E-state index contributed by atoms with van der Waals surface area (Å²) >= 11 is 0. The highest BCUT2D eigenvalue weighted by Crippen LogP contribution is 2.16. The minimum Gasteiger partial charge on any atom is -0.0683 e. The van der Waals surface area contributed by atoms with Gasteiger partial charge in [0.15, 0.2) is 0 Å². The van der Waals surface area contributed by atoms with Crippen molar-refractivity contribution in [2.75, 3.05) is 0 Å². The molecule has 0 aromatic rings. The largest absolute Gasteiger partial charge is 0.0683 e. The minimum absolute atomic E-state index is 0.833. The molecular weight excluding hydrogens is 264 g/mol. The lowest BCUT2D eigenvalue weighted by Gasteiger charge is -2.05. The lowest BCUT2D eigenvalue weighted by Crippen LogP contribution is -1.85. The normalized spacial score (nSPS) is 19.4. The van der Waals surface area contributed by atoms with E-state index in [0.29, 0.717) is 0 Å². The summed E-state index contributed by atoms with van der Waals surface area (Å²) in [5.74, 6) is 0.833. The number of hydrogen-bond acceptors (Lipinski definition) is 0. The van der Waals surface area contributed by atoms with Crippen LogP contribution in [0.15, 0.2) is 0 Å². The van der Waals surface area contributed by atoms with Gasteiger partial charge in [-0.3, -0.25) is 0 Å². The Labute approximate surface area is 143 Å². The first-order valence-electron chi connectivity index (χ1n) is 10.7. The van der Waals surface area contributed by atoms with Crippen molar-refractivity contribution < 1.29 is 0 Å². The maximum absolute atomic E-state index is 2.17. The molecule has 4 rings (SSSR count). The molecular formula is C22H48. The van der Waals surface area contributed by atoms with Gasteiger partial charge in [0.2, 0.25) is 0 Å². The summed E-state index contributed by atoms with van der Waals surface area (Å²) in [6.07, 6.45) is 24.0. The molecule has 4 aliphatic rings. The molecule has 0 amide bonds.